The summed E-state index contributed by atoms with van der Waals surface area (Å²) in [7, 11) is 5.78. The van der Waals surface area contributed by atoms with Gasteiger partial charge >= 0.3 is 0 Å². The number of likely N-dealkylation sites (N-methyl/N-ethyl adjacent to an activating group) is 4. The summed E-state index contributed by atoms with van der Waals surface area (Å²) in [6, 6.07) is 0. The highest BCUT2D eigenvalue weighted by molar-refractivity contribution is 6.09. The first-order valence-electron chi connectivity index (χ1n) is 17.8. The average molecular weight is 789 g/mol. The normalized spacial score (nSPS) is 12.1. The fourth-order valence-corrected chi connectivity index (χ4v) is 6.63. The second-order valence-electron chi connectivity index (χ2n) is 13.9. The molecule has 2 aromatic carbocycles. The Labute approximate surface area is 326 Å². The molecule has 18 heteroatoms. The van der Waals surface area contributed by atoms with E-state index in [0.29, 0.717) is 22.3 Å². The van der Waals surface area contributed by atoms with Crippen LogP contribution in [-0.2, 0) is 9.59 Å². The Morgan fingerprint density at radius 1 is 0.464 bits per heavy atom. The minimum atomic E-state index is -1.23. The van der Waals surface area contributed by atoms with Gasteiger partial charge in [0, 0.05) is 88.0 Å². The van der Waals surface area contributed by atoms with Crippen LogP contribution >= 0.6 is 0 Å². The summed E-state index contributed by atoms with van der Waals surface area (Å²) < 4.78 is 0. The SMILES string of the molecule is Cc1c(NC(=O)CO)c(C)c(C(=O)N(C)CC(O)CO)c(C)c1C(=O)N(C)CCN(C)C(=O)c1c(C)c(NC(=O)CO)c(C)c(C(=O)N(C)CC(O)CO)c1C. The first-order chi connectivity index (χ1) is 26.1. The van der Waals surface area contributed by atoms with Gasteiger partial charge in [-0.25, -0.2) is 0 Å². The van der Waals surface area contributed by atoms with Crippen molar-refractivity contribution in [2.45, 2.75) is 53.8 Å². The summed E-state index contributed by atoms with van der Waals surface area (Å²) in [4.78, 5) is 85.3. The molecule has 310 valence electrons. The van der Waals surface area contributed by atoms with Crippen molar-refractivity contribution in [3.05, 3.63) is 55.6 Å². The number of aliphatic hydroxyl groups is 6. The predicted octanol–water partition coefficient (Wildman–Crippen LogP) is -0.907. The highest BCUT2D eigenvalue weighted by Crippen LogP contribution is 2.34. The van der Waals surface area contributed by atoms with Crippen molar-refractivity contribution < 1.29 is 59.4 Å². The van der Waals surface area contributed by atoms with E-state index in [1.54, 1.807) is 41.5 Å². The molecular formula is C38H56N6O12. The summed E-state index contributed by atoms with van der Waals surface area (Å²) in [6.07, 6.45) is -2.46. The third-order valence-corrected chi connectivity index (χ3v) is 9.72. The molecule has 56 heavy (non-hydrogen) atoms. The number of carbonyl (C=O) groups is 6. The van der Waals surface area contributed by atoms with Gasteiger partial charge in [-0.05, 0) is 74.9 Å². The van der Waals surface area contributed by atoms with Gasteiger partial charge in [0.2, 0.25) is 11.8 Å². The summed E-state index contributed by atoms with van der Waals surface area (Å²) in [5, 5.41) is 62.6. The van der Waals surface area contributed by atoms with Crippen LogP contribution in [0.2, 0.25) is 0 Å². The molecule has 6 amide bonds. The molecule has 8 N–H and O–H groups in total. The van der Waals surface area contributed by atoms with E-state index in [0.717, 1.165) is 0 Å². The number of nitrogens with zero attached hydrogens (tertiary/aromatic N) is 4. The Hall–Kier alpha value is -4.98. The second-order valence-corrected chi connectivity index (χ2v) is 13.9. The number of rotatable bonds is 17. The molecule has 2 atom stereocenters. The van der Waals surface area contributed by atoms with Gasteiger partial charge in [0.05, 0.1) is 25.4 Å². The monoisotopic (exact) mass is 788 g/mol. The summed E-state index contributed by atoms with van der Waals surface area (Å²) in [5.74, 6) is -3.89. The van der Waals surface area contributed by atoms with E-state index in [4.69, 9.17) is 0 Å². The van der Waals surface area contributed by atoms with Crippen LogP contribution in [0.4, 0.5) is 11.4 Å². The Bertz CT molecular complexity index is 1720. The van der Waals surface area contributed by atoms with Crippen LogP contribution < -0.4 is 10.6 Å². The molecule has 0 bridgehead atoms. The lowest BCUT2D eigenvalue weighted by molar-refractivity contribution is -0.119. The fourth-order valence-electron chi connectivity index (χ4n) is 6.63. The molecule has 0 aliphatic rings. The van der Waals surface area contributed by atoms with Crippen LogP contribution in [-0.4, -0.2) is 179 Å². The minimum Gasteiger partial charge on any atom is -0.394 e. The number of anilines is 2. The first kappa shape index (κ1) is 47.2. The second kappa shape index (κ2) is 20.3. The molecule has 0 aliphatic heterocycles. The number of aliphatic hydroxyl groups excluding tert-OH is 6. The van der Waals surface area contributed by atoms with Gasteiger partial charge in [-0.2, -0.15) is 0 Å². The lowest BCUT2D eigenvalue weighted by Gasteiger charge is -2.29. The number of nitrogens with one attached hydrogen (secondary N) is 2. The standard InChI is InChI=1S/C38H56N6O12/c1-19-29(21(3)33(39-27(51)17-47)23(5)31(19)37(55)43(9)13-25(49)15-45)35(53)41(7)11-12-42(8)36(54)30-20(2)32(38(56)44(10)14-26(50)16-46)24(6)34(22(30)4)40-28(52)18-48/h25-26,45-50H,11-18H2,1-10H3,(H,39,51)(H,40,52). The van der Waals surface area contributed by atoms with Crippen LogP contribution in [0.15, 0.2) is 0 Å². The van der Waals surface area contributed by atoms with Crippen molar-refractivity contribution in [2.75, 3.05) is 91.4 Å². The van der Waals surface area contributed by atoms with Crippen LogP contribution in [0.25, 0.3) is 0 Å². The Morgan fingerprint density at radius 3 is 0.946 bits per heavy atom. The number of benzene rings is 2. The van der Waals surface area contributed by atoms with E-state index in [9.17, 15) is 59.4 Å². The van der Waals surface area contributed by atoms with E-state index >= 15 is 0 Å². The maximum atomic E-state index is 14.2. The van der Waals surface area contributed by atoms with E-state index in [1.165, 1.54) is 47.8 Å². The zero-order valence-corrected chi connectivity index (χ0v) is 33.7. The van der Waals surface area contributed by atoms with Gasteiger partial charge in [-0.15, -0.1) is 0 Å². The van der Waals surface area contributed by atoms with Crippen LogP contribution in [0, 0.1) is 41.5 Å². The molecule has 0 radical (unpaired) electrons. The van der Waals surface area contributed by atoms with Crippen molar-refractivity contribution >= 4 is 46.8 Å². The third-order valence-electron chi connectivity index (χ3n) is 9.72. The highest BCUT2D eigenvalue weighted by atomic mass is 16.3. The zero-order chi connectivity index (χ0) is 42.9. The molecule has 2 aromatic rings. The van der Waals surface area contributed by atoms with Crippen molar-refractivity contribution in [3.8, 4) is 0 Å². The largest absolute Gasteiger partial charge is 0.394 e. The Balaban J connectivity index is 2.59. The zero-order valence-electron chi connectivity index (χ0n) is 33.7. The topological polar surface area (TPSA) is 261 Å². The highest BCUT2D eigenvalue weighted by Gasteiger charge is 2.31. The summed E-state index contributed by atoms with van der Waals surface area (Å²) in [5.41, 5.74) is 2.36. The van der Waals surface area contributed by atoms with Gasteiger partial charge in [0.25, 0.3) is 23.6 Å². The van der Waals surface area contributed by atoms with Crippen LogP contribution in [0.3, 0.4) is 0 Å². The molecule has 0 aliphatic carbocycles. The third kappa shape index (κ3) is 10.4. The molecule has 0 heterocycles. The molecule has 2 rings (SSSR count). The number of hydrogen-bond donors (Lipinski definition) is 8. The first-order valence-corrected chi connectivity index (χ1v) is 17.8. The summed E-state index contributed by atoms with van der Waals surface area (Å²) >= 11 is 0. The number of carbonyl (C=O) groups excluding carboxylic acids is 6. The molecule has 18 nitrogen and oxygen atoms in total. The average Bonchev–Trinajstić information content (AvgIpc) is 3.15. The number of hydrogen-bond acceptors (Lipinski definition) is 12. The van der Waals surface area contributed by atoms with Gasteiger partial charge in [0.15, 0.2) is 0 Å². The minimum absolute atomic E-state index is 0.0380. The molecule has 0 spiro atoms. The van der Waals surface area contributed by atoms with E-state index < -0.39 is 74.1 Å². The van der Waals surface area contributed by atoms with Crippen molar-refractivity contribution in [2.24, 2.45) is 0 Å². The van der Waals surface area contributed by atoms with Crippen LogP contribution in [0.1, 0.15) is 74.8 Å². The van der Waals surface area contributed by atoms with E-state index in [-0.39, 0.29) is 70.9 Å². The van der Waals surface area contributed by atoms with E-state index in [2.05, 4.69) is 10.6 Å². The van der Waals surface area contributed by atoms with Gasteiger partial charge in [-0.1, -0.05) is 0 Å². The molecule has 0 aromatic heterocycles. The lowest BCUT2D eigenvalue weighted by Crippen LogP contribution is -2.40. The van der Waals surface area contributed by atoms with Gasteiger partial charge in [-0.3, -0.25) is 28.8 Å². The molecular weight excluding hydrogens is 732 g/mol. The quantitative estimate of drug-likeness (QED) is 0.0970. The maximum Gasteiger partial charge on any atom is 0.254 e. The van der Waals surface area contributed by atoms with Crippen LogP contribution in [0.5, 0.6) is 0 Å². The Kier molecular flexibility index (Phi) is 17.1. The van der Waals surface area contributed by atoms with Crippen molar-refractivity contribution in [1.29, 1.82) is 0 Å². The fraction of sp³-hybridized carbons (Fsp3) is 0.526. The summed E-state index contributed by atoms with van der Waals surface area (Å²) in [6.45, 7) is 5.98. The molecule has 0 saturated carbocycles. The molecule has 2 unspecified atom stereocenters. The molecule has 0 fully saturated rings. The van der Waals surface area contributed by atoms with Gasteiger partial charge < -0.3 is 60.9 Å². The van der Waals surface area contributed by atoms with Gasteiger partial charge in [0.1, 0.15) is 13.2 Å². The maximum absolute atomic E-state index is 14.2. The van der Waals surface area contributed by atoms with Crippen molar-refractivity contribution in [1.82, 2.24) is 19.6 Å². The number of amides is 6. The Morgan fingerprint density at radius 2 is 0.714 bits per heavy atom. The van der Waals surface area contributed by atoms with E-state index in [1.807, 2.05) is 0 Å². The van der Waals surface area contributed by atoms with Crippen molar-refractivity contribution in [3.63, 3.8) is 0 Å². The predicted molar refractivity (Wildman–Crippen MR) is 207 cm³/mol. The smallest absolute Gasteiger partial charge is 0.254 e. The molecule has 0 saturated heterocycles. The lowest BCUT2D eigenvalue weighted by atomic mass is 9.89.